The second kappa shape index (κ2) is 4.84. The summed E-state index contributed by atoms with van der Waals surface area (Å²) in [5, 5.41) is 8.77. The largest absolute Gasteiger partial charge is 0.494 e. The van der Waals surface area contributed by atoms with Crippen molar-refractivity contribution in [2.24, 2.45) is 0 Å². The molecule has 0 aliphatic heterocycles. The van der Waals surface area contributed by atoms with Gasteiger partial charge in [0.15, 0.2) is 11.6 Å². The first-order chi connectivity index (χ1) is 8.65. The number of hydrogen-bond acceptors (Lipinski definition) is 3. The third kappa shape index (κ3) is 2.16. The molecule has 0 aliphatic rings. The molecular formula is C14H11FN2O. The van der Waals surface area contributed by atoms with E-state index in [0.29, 0.717) is 16.8 Å². The first-order valence-electron chi connectivity index (χ1n) is 5.36. The first kappa shape index (κ1) is 12.1. The molecule has 0 unspecified atom stereocenters. The van der Waals surface area contributed by atoms with Gasteiger partial charge >= 0.3 is 0 Å². The molecule has 0 saturated heterocycles. The van der Waals surface area contributed by atoms with E-state index in [2.05, 4.69) is 4.98 Å². The Balaban J connectivity index is 2.49. The lowest BCUT2D eigenvalue weighted by molar-refractivity contribution is 0.386. The van der Waals surface area contributed by atoms with E-state index in [9.17, 15) is 4.39 Å². The Labute approximate surface area is 104 Å². The van der Waals surface area contributed by atoms with Crippen LogP contribution in [0.2, 0.25) is 0 Å². The van der Waals surface area contributed by atoms with Gasteiger partial charge in [-0.15, -0.1) is 0 Å². The molecule has 0 saturated carbocycles. The van der Waals surface area contributed by atoms with Gasteiger partial charge in [-0.05, 0) is 36.8 Å². The maximum absolute atomic E-state index is 13.6. The topological polar surface area (TPSA) is 45.9 Å². The molecule has 4 heteroatoms. The van der Waals surface area contributed by atoms with E-state index in [1.807, 2.05) is 13.0 Å². The van der Waals surface area contributed by atoms with E-state index in [1.54, 1.807) is 18.2 Å². The number of aryl methyl sites for hydroxylation is 1. The summed E-state index contributed by atoms with van der Waals surface area (Å²) < 4.78 is 18.5. The summed E-state index contributed by atoms with van der Waals surface area (Å²) in [5.74, 6) is -0.231. The molecule has 18 heavy (non-hydrogen) atoms. The molecule has 0 aliphatic carbocycles. The normalized spacial score (nSPS) is 9.89. The fourth-order valence-electron chi connectivity index (χ4n) is 1.75. The van der Waals surface area contributed by atoms with Crippen LogP contribution in [0.15, 0.2) is 30.5 Å². The summed E-state index contributed by atoms with van der Waals surface area (Å²) in [5.41, 5.74) is 2.65. The fraction of sp³-hybridized carbons (Fsp3) is 0.143. The minimum atomic E-state index is -0.430. The van der Waals surface area contributed by atoms with E-state index in [4.69, 9.17) is 10.00 Å². The van der Waals surface area contributed by atoms with Crippen LogP contribution < -0.4 is 4.74 Å². The molecule has 0 spiro atoms. The van der Waals surface area contributed by atoms with Crippen molar-refractivity contribution in [3.05, 3.63) is 47.4 Å². The van der Waals surface area contributed by atoms with Crippen molar-refractivity contribution in [1.29, 1.82) is 5.26 Å². The van der Waals surface area contributed by atoms with Gasteiger partial charge in [-0.1, -0.05) is 0 Å². The molecule has 0 radical (unpaired) electrons. The monoisotopic (exact) mass is 242 g/mol. The standard InChI is InChI=1S/C14H11FN2O/c1-9-5-10(7-16)8-17-14(9)11-3-4-13(18-2)12(15)6-11/h3-6,8H,1-2H3. The van der Waals surface area contributed by atoms with Crippen LogP contribution in [0, 0.1) is 24.1 Å². The molecule has 1 aromatic heterocycles. The molecule has 0 atom stereocenters. The van der Waals surface area contributed by atoms with E-state index >= 15 is 0 Å². The Morgan fingerprint density at radius 2 is 2.11 bits per heavy atom. The zero-order chi connectivity index (χ0) is 13.1. The number of rotatable bonds is 2. The lowest BCUT2D eigenvalue weighted by Gasteiger charge is -2.07. The Kier molecular flexibility index (Phi) is 3.24. The first-order valence-corrected chi connectivity index (χ1v) is 5.36. The van der Waals surface area contributed by atoms with E-state index < -0.39 is 5.82 Å². The number of aromatic nitrogens is 1. The lowest BCUT2D eigenvalue weighted by Crippen LogP contribution is -1.93. The molecule has 0 fully saturated rings. The third-order valence-corrected chi connectivity index (χ3v) is 2.63. The van der Waals surface area contributed by atoms with E-state index in [1.165, 1.54) is 19.4 Å². The number of benzene rings is 1. The van der Waals surface area contributed by atoms with Gasteiger partial charge in [-0.25, -0.2) is 4.39 Å². The third-order valence-electron chi connectivity index (χ3n) is 2.63. The van der Waals surface area contributed by atoms with Crippen LogP contribution in [0.3, 0.4) is 0 Å². The SMILES string of the molecule is COc1ccc(-c2ncc(C#N)cc2C)cc1F. The van der Waals surface area contributed by atoms with Gasteiger partial charge in [0.05, 0.1) is 18.4 Å². The minimum Gasteiger partial charge on any atom is -0.494 e. The maximum Gasteiger partial charge on any atom is 0.165 e. The smallest absolute Gasteiger partial charge is 0.165 e. The quantitative estimate of drug-likeness (QED) is 0.813. The average molecular weight is 242 g/mol. The molecule has 1 aromatic carbocycles. The zero-order valence-electron chi connectivity index (χ0n) is 10.1. The van der Waals surface area contributed by atoms with Gasteiger partial charge in [0.2, 0.25) is 0 Å². The summed E-state index contributed by atoms with van der Waals surface area (Å²) in [7, 11) is 1.42. The molecular weight excluding hydrogens is 231 g/mol. The molecule has 90 valence electrons. The van der Waals surface area contributed by atoms with Gasteiger partial charge in [0, 0.05) is 11.8 Å². The van der Waals surface area contributed by atoms with Crippen molar-refractivity contribution in [1.82, 2.24) is 4.98 Å². The number of nitrogens with zero attached hydrogens (tertiary/aromatic N) is 2. The van der Waals surface area contributed by atoms with Crippen LogP contribution in [-0.2, 0) is 0 Å². The van der Waals surface area contributed by atoms with Crippen LogP contribution in [0.1, 0.15) is 11.1 Å². The molecule has 2 rings (SSSR count). The Morgan fingerprint density at radius 1 is 1.33 bits per heavy atom. The number of nitriles is 1. The number of pyridine rings is 1. The van der Waals surface area contributed by atoms with Crippen molar-refractivity contribution in [2.45, 2.75) is 6.92 Å². The second-order valence-corrected chi connectivity index (χ2v) is 3.85. The molecule has 1 heterocycles. The Hall–Kier alpha value is -2.41. The highest BCUT2D eigenvalue weighted by Gasteiger charge is 2.08. The highest BCUT2D eigenvalue weighted by atomic mass is 19.1. The van der Waals surface area contributed by atoms with Crippen LogP contribution >= 0.6 is 0 Å². The lowest BCUT2D eigenvalue weighted by atomic mass is 10.1. The van der Waals surface area contributed by atoms with Gasteiger partial charge in [0.1, 0.15) is 6.07 Å². The van der Waals surface area contributed by atoms with Crippen LogP contribution in [0.25, 0.3) is 11.3 Å². The van der Waals surface area contributed by atoms with Crippen molar-refractivity contribution in [3.8, 4) is 23.1 Å². The summed E-state index contributed by atoms with van der Waals surface area (Å²) in [6.07, 6.45) is 1.48. The van der Waals surface area contributed by atoms with Gasteiger partial charge in [-0.2, -0.15) is 5.26 Å². The zero-order valence-corrected chi connectivity index (χ0v) is 10.1. The number of halogens is 1. The Bertz CT molecular complexity index is 632. The number of methoxy groups -OCH3 is 1. The van der Waals surface area contributed by atoms with Crippen molar-refractivity contribution in [3.63, 3.8) is 0 Å². The number of ether oxygens (including phenoxy) is 1. The molecule has 2 aromatic rings. The van der Waals surface area contributed by atoms with Crippen molar-refractivity contribution in [2.75, 3.05) is 7.11 Å². The van der Waals surface area contributed by atoms with Gasteiger partial charge in [0.25, 0.3) is 0 Å². The minimum absolute atomic E-state index is 0.199. The second-order valence-electron chi connectivity index (χ2n) is 3.85. The van der Waals surface area contributed by atoms with Crippen LogP contribution in [-0.4, -0.2) is 12.1 Å². The fourth-order valence-corrected chi connectivity index (χ4v) is 1.75. The Morgan fingerprint density at radius 3 is 2.67 bits per heavy atom. The van der Waals surface area contributed by atoms with Gasteiger partial charge < -0.3 is 4.74 Å². The molecule has 0 bridgehead atoms. The van der Waals surface area contributed by atoms with Crippen molar-refractivity contribution < 1.29 is 9.13 Å². The summed E-state index contributed by atoms with van der Waals surface area (Å²) in [6.45, 7) is 1.84. The summed E-state index contributed by atoms with van der Waals surface area (Å²) in [6, 6.07) is 8.42. The summed E-state index contributed by atoms with van der Waals surface area (Å²) >= 11 is 0. The van der Waals surface area contributed by atoms with Gasteiger partial charge in [-0.3, -0.25) is 4.98 Å². The number of hydrogen-bond donors (Lipinski definition) is 0. The highest BCUT2D eigenvalue weighted by Crippen LogP contribution is 2.26. The maximum atomic E-state index is 13.6. The summed E-state index contributed by atoms with van der Waals surface area (Å²) in [4.78, 5) is 4.19. The predicted octanol–water partition coefficient (Wildman–Crippen LogP) is 3.08. The highest BCUT2D eigenvalue weighted by molar-refractivity contribution is 5.64. The molecule has 0 N–H and O–H groups in total. The predicted molar refractivity (Wildman–Crippen MR) is 65.6 cm³/mol. The van der Waals surface area contributed by atoms with Crippen LogP contribution in [0.5, 0.6) is 5.75 Å². The van der Waals surface area contributed by atoms with E-state index in [-0.39, 0.29) is 5.75 Å². The average Bonchev–Trinajstić information content (AvgIpc) is 2.38. The molecule has 3 nitrogen and oxygen atoms in total. The molecule has 0 amide bonds. The van der Waals surface area contributed by atoms with Crippen molar-refractivity contribution >= 4 is 0 Å². The van der Waals surface area contributed by atoms with Crippen LogP contribution in [0.4, 0.5) is 4.39 Å². The van der Waals surface area contributed by atoms with E-state index in [0.717, 1.165) is 5.56 Å².